The Kier molecular flexibility index (Phi) is 4.70. The Morgan fingerprint density at radius 3 is 2.94 bits per heavy atom. The zero-order valence-electron chi connectivity index (χ0n) is 10.9. The lowest BCUT2D eigenvalue weighted by atomic mass is 9.90. The Balaban J connectivity index is 1.95. The Morgan fingerprint density at radius 2 is 2.33 bits per heavy atom. The summed E-state index contributed by atoms with van der Waals surface area (Å²) in [6, 6.07) is 3.76. The van der Waals surface area contributed by atoms with Crippen molar-refractivity contribution in [3.63, 3.8) is 0 Å². The Labute approximate surface area is 108 Å². The fraction of sp³-hybridized carbons (Fsp3) is 0.571. The van der Waals surface area contributed by atoms with Gasteiger partial charge in [-0.15, -0.1) is 0 Å². The van der Waals surface area contributed by atoms with E-state index in [4.69, 9.17) is 0 Å². The predicted molar refractivity (Wildman–Crippen MR) is 71.4 cm³/mol. The molecule has 18 heavy (non-hydrogen) atoms. The number of amides is 1. The maximum atomic E-state index is 12.1. The lowest BCUT2D eigenvalue weighted by Crippen LogP contribution is -2.45. The van der Waals surface area contributed by atoms with Crippen molar-refractivity contribution >= 4 is 5.91 Å². The predicted octanol–water partition coefficient (Wildman–Crippen LogP) is 1.59. The van der Waals surface area contributed by atoms with E-state index in [0.29, 0.717) is 11.5 Å². The van der Waals surface area contributed by atoms with Crippen molar-refractivity contribution in [3.8, 4) is 0 Å². The molecule has 0 saturated carbocycles. The quantitative estimate of drug-likeness (QED) is 0.849. The molecule has 4 nitrogen and oxygen atoms in total. The minimum atomic E-state index is 0.00910. The van der Waals surface area contributed by atoms with Crippen molar-refractivity contribution in [2.75, 3.05) is 13.1 Å². The molecule has 1 aromatic rings. The van der Waals surface area contributed by atoms with Crippen LogP contribution in [0, 0.1) is 5.92 Å². The normalized spacial score (nSPS) is 21.3. The Morgan fingerprint density at radius 1 is 1.56 bits per heavy atom. The lowest BCUT2D eigenvalue weighted by Gasteiger charge is -2.30. The highest BCUT2D eigenvalue weighted by atomic mass is 16.1. The molecule has 1 aromatic heterocycles. The third-order valence-corrected chi connectivity index (χ3v) is 3.60. The number of hydrogen-bond donors (Lipinski definition) is 2. The van der Waals surface area contributed by atoms with Gasteiger partial charge >= 0.3 is 0 Å². The van der Waals surface area contributed by atoms with Crippen LogP contribution in [0.4, 0.5) is 0 Å². The number of hydrogen-bond acceptors (Lipinski definition) is 3. The number of aromatic nitrogens is 1. The van der Waals surface area contributed by atoms with Crippen molar-refractivity contribution < 1.29 is 4.79 Å². The van der Waals surface area contributed by atoms with Gasteiger partial charge in [-0.05, 0) is 50.4 Å². The molecule has 0 bridgehead atoms. The van der Waals surface area contributed by atoms with Gasteiger partial charge in [-0.25, -0.2) is 0 Å². The van der Waals surface area contributed by atoms with Crippen molar-refractivity contribution in [1.29, 1.82) is 0 Å². The van der Waals surface area contributed by atoms with Crippen LogP contribution in [0.5, 0.6) is 0 Å². The smallest absolute Gasteiger partial charge is 0.251 e. The SMILES string of the molecule is CCC(NC(=O)c1ccncc1)C1CCCNC1. The largest absolute Gasteiger partial charge is 0.349 e. The lowest BCUT2D eigenvalue weighted by molar-refractivity contribution is 0.0914. The van der Waals surface area contributed by atoms with E-state index in [2.05, 4.69) is 22.5 Å². The van der Waals surface area contributed by atoms with Crippen molar-refractivity contribution in [3.05, 3.63) is 30.1 Å². The molecular weight excluding hydrogens is 226 g/mol. The van der Waals surface area contributed by atoms with Gasteiger partial charge in [0.15, 0.2) is 0 Å². The fourth-order valence-electron chi connectivity index (χ4n) is 2.53. The van der Waals surface area contributed by atoms with Gasteiger partial charge in [0.2, 0.25) is 0 Å². The molecule has 1 amide bonds. The topological polar surface area (TPSA) is 54.0 Å². The van der Waals surface area contributed by atoms with Crippen LogP contribution >= 0.6 is 0 Å². The van der Waals surface area contributed by atoms with E-state index in [-0.39, 0.29) is 11.9 Å². The van der Waals surface area contributed by atoms with Gasteiger partial charge in [0, 0.05) is 24.0 Å². The first-order valence-corrected chi connectivity index (χ1v) is 6.73. The van der Waals surface area contributed by atoms with Gasteiger partial charge in [0.05, 0.1) is 0 Å². The molecule has 2 rings (SSSR count). The van der Waals surface area contributed by atoms with Crippen LogP contribution in [0.1, 0.15) is 36.5 Å². The molecule has 2 unspecified atom stereocenters. The number of rotatable bonds is 4. The summed E-state index contributed by atoms with van der Waals surface area (Å²) in [7, 11) is 0. The molecule has 4 heteroatoms. The number of nitrogens with one attached hydrogen (secondary N) is 2. The molecule has 1 aliphatic heterocycles. The molecule has 0 spiro atoms. The van der Waals surface area contributed by atoms with Crippen LogP contribution < -0.4 is 10.6 Å². The van der Waals surface area contributed by atoms with E-state index in [1.807, 2.05) is 0 Å². The highest BCUT2D eigenvalue weighted by Crippen LogP contribution is 2.17. The Hall–Kier alpha value is -1.42. The summed E-state index contributed by atoms with van der Waals surface area (Å²) in [5.74, 6) is 0.560. The average molecular weight is 247 g/mol. The first-order chi connectivity index (χ1) is 8.81. The first-order valence-electron chi connectivity index (χ1n) is 6.73. The van der Waals surface area contributed by atoms with E-state index in [1.165, 1.54) is 12.8 Å². The van der Waals surface area contributed by atoms with E-state index in [9.17, 15) is 4.79 Å². The third kappa shape index (κ3) is 3.29. The maximum absolute atomic E-state index is 12.1. The second-order valence-corrected chi connectivity index (χ2v) is 4.83. The minimum absolute atomic E-state index is 0.00910. The standard InChI is InChI=1S/C14H21N3O/c1-2-13(12-4-3-7-16-10-12)17-14(18)11-5-8-15-9-6-11/h5-6,8-9,12-13,16H,2-4,7,10H2,1H3,(H,17,18). The zero-order chi connectivity index (χ0) is 12.8. The molecule has 2 atom stereocenters. The van der Waals surface area contributed by atoms with Gasteiger partial charge in [-0.3, -0.25) is 9.78 Å². The number of carbonyl (C=O) groups is 1. The summed E-state index contributed by atoms with van der Waals surface area (Å²) in [5.41, 5.74) is 0.687. The van der Waals surface area contributed by atoms with Gasteiger partial charge in [-0.2, -0.15) is 0 Å². The highest BCUT2D eigenvalue weighted by Gasteiger charge is 2.23. The molecule has 0 aliphatic carbocycles. The van der Waals surface area contributed by atoms with Crippen LogP contribution in [-0.4, -0.2) is 30.0 Å². The monoisotopic (exact) mass is 247 g/mol. The van der Waals surface area contributed by atoms with Crippen LogP contribution in [0.2, 0.25) is 0 Å². The Bertz CT molecular complexity index is 374. The molecule has 2 N–H and O–H groups in total. The number of piperidine rings is 1. The summed E-state index contributed by atoms with van der Waals surface area (Å²) in [6.45, 7) is 4.24. The molecular formula is C14H21N3O. The van der Waals surface area contributed by atoms with Gasteiger partial charge in [0.25, 0.3) is 5.91 Å². The van der Waals surface area contributed by atoms with Gasteiger partial charge in [-0.1, -0.05) is 6.92 Å². The summed E-state index contributed by atoms with van der Waals surface area (Å²) in [5, 5.41) is 6.55. The van der Waals surface area contributed by atoms with Crippen LogP contribution in [0.3, 0.4) is 0 Å². The van der Waals surface area contributed by atoms with Crippen molar-refractivity contribution in [2.45, 2.75) is 32.2 Å². The summed E-state index contributed by atoms with van der Waals surface area (Å²) in [4.78, 5) is 16.0. The summed E-state index contributed by atoms with van der Waals surface area (Å²) < 4.78 is 0. The van der Waals surface area contributed by atoms with E-state index in [0.717, 1.165) is 19.5 Å². The number of pyridine rings is 1. The molecule has 98 valence electrons. The highest BCUT2D eigenvalue weighted by molar-refractivity contribution is 5.94. The van der Waals surface area contributed by atoms with Gasteiger partial charge < -0.3 is 10.6 Å². The fourth-order valence-corrected chi connectivity index (χ4v) is 2.53. The average Bonchev–Trinajstić information content (AvgIpc) is 2.46. The van der Waals surface area contributed by atoms with E-state index < -0.39 is 0 Å². The van der Waals surface area contributed by atoms with Crippen molar-refractivity contribution in [2.24, 2.45) is 5.92 Å². The first kappa shape index (κ1) is 13.0. The van der Waals surface area contributed by atoms with Crippen molar-refractivity contribution in [1.82, 2.24) is 15.6 Å². The number of nitrogens with zero attached hydrogens (tertiary/aromatic N) is 1. The molecule has 1 aliphatic rings. The van der Waals surface area contributed by atoms with Crippen LogP contribution in [0.15, 0.2) is 24.5 Å². The van der Waals surface area contributed by atoms with E-state index in [1.54, 1.807) is 24.5 Å². The van der Waals surface area contributed by atoms with E-state index >= 15 is 0 Å². The molecule has 0 radical (unpaired) electrons. The van der Waals surface area contributed by atoms with Crippen LogP contribution in [0.25, 0.3) is 0 Å². The summed E-state index contributed by atoms with van der Waals surface area (Å²) >= 11 is 0. The van der Waals surface area contributed by atoms with Gasteiger partial charge in [0.1, 0.15) is 0 Å². The molecule has 0 aromatic carbocycles. The molecule has 1 saturated heterocycles. The maximum Gasteiger partial charge on any atom is 0.251 e. The summed E-state index contributed by atoms with van der Waals surface area (Å²) in [6.07, 6.45) is 6.67. The second kappa shape index (κ2) is 6.50. The molecule has 2 heterocycles. The second-order valence-electron chi connectivity index (χ2n) is 4.83. The molecule has 1 fully saturated rings. The zero-order valence-corrected chi connectivity index (χ0v) is 10.9. The third-order valence-electron chi connectivity index (χ3n) is 3.60. The minimum Gasteiger partial charge on any atom is -0.349 e. The number of carbonyl (C=O) groups excluding carboxylic acids is 1. The van der Waals surface area contributed by atoms with Crippen LogP contribution in [-0.2, 0) is 0 Å².